The van der Waals surface area contributed by atoms with Crippen molar-refractivity contribution in [1.29, 1.82) is 0 Å². The first kappa shape index (κ1) is 21.0. The fourth-order valence-corrected chi connectivity index (χ4v) is 4.02. The summed E-state index contributed by atoms with van der Waals surface area (Å²) in [4.78, 5) is 28.7. The Bertz CT molecular complexity index is 927. The zero-order chi connectivity index (χ0) is 22.0. The van der Waals surface area contributed by atoms with Crippen molar-refractivity contribution in [3.05, 3.63) is 59.7 Å². The van der Waals surface area contributed by atoms with E-state index in [1.165, 1.54) is 11.1 Å². The number of rotatable bonds is 3. The molecule has 0 saturated carbocycles. The Kier molecular flexibility index (Phi) is 5.76. The summed E-state index contributed by atoms with van der Waals surface area (Å²) in [5.41, 5.74) is 3.75. The molecule has 0 spiro atoms. The summed E-state index contributed by atoms with van der Waals surface area (Å²) in [5.74, 6) is 0. The Balaban J connectivity index is 1.28. The number of alkyl carbamates (subject to hydrolysis) is 1. The maximum absolute atomic E-state index is 12.6. The number of hydrogen-bond donors (Lipinski definition) is 2. The largest absolute Gasteiger partial charge is 0.444 e. The molecule has 3 amide bonds. The second-order valence-corrected chi connectivity index (χ2v) is 9.18. The van der Waals surface area contributed by atoms with Gasteiger partial charge in [-0.1, -0.05) is 24.3 Å². The third-order valence-electron chi connectivity index (χ3n) is 5.52. The smallest absolute Gasteiger partial charge is 0.407 e. The second kappa shape index (κ2) is 8.49. The van der Waals surface area contributed by atoms with E-state index >= 15 is 0 Å². The van der Waals surface area contributed by atoms with Crippen molar-refractivity contribution < 1.29 is 14.3 Å². The maximum Gasteiger partial charge on any atom is 0.407 e. The van der Waals surface area contributed by atoms with Gasteiger partial charge in [-0.15, -0.1) is 0 Å². The summed E-state index contributed by atoms with van der Waals surface area (Å²) >= 11 is 0. The molecule has 0 aromatic heterocycles. The number of nitrogens with one attached hydrogen (secondary N) is 2. The lowest BCUT2D eigenvalue weighted by Crippen LogP contribution is -2.40. The van der Waals surface area contributed by atoms with Crippen LogP contribution < -0.4 is 15.5 Å². The van der Waals surface area contributed by atoms with E-state index in [2.05, 4.69) is 27.7 Å². The van der Waals surface area contributed by atoms with Crippen LogP contribution in [0.15, 0.2) is 48.5 Å². The van der Waals surface area contributed by atoms with Crippen LogP contribution in [0.3, 0.4) is 0 Å². The molecule has 2 aromatic carbocycles. The van der Waals surface area contributed by atoms with Gasteiger partial charge in [0.05, 0.1) is 6.04 Å². The van der Waals surface area contributed by atoms with E-state index in [1.54, 1.807) is 0 Å². The number of nitrogens with zero attached hydrogens (tertiary/aromatic N) is 2. The molecule has 0 aliphatic carbocycles. The Labute approximate surface area is 183 Å². The highest BCUT2D eigenvalue weighted by Crippen LogP contribution is 2.25. The highest BCUT2D eigenvalue weighted by Gasteiger charge is 2.27. The van der Waals surface area contributed by atoms with E-state index in [1.807, 2.05) is 62.1 Å². The molecular formula is C24H30N4O3. The summed E-state index contributed by atoms with van der Waals surface area (Å²) in [6.07, 6.45) is 0.495. The third kappa shape index (κ3) is 5.29. The number of carbonyl (C=O) groups is 2. The number of urea groups is 1. The molecule has 7 heteroatoms. The highest BCUT2D eigenvalue weighted by molar-refractivity contribution is 5.90. The van der Waals surface area contributed by atoms with Crippen LogP contribution in [-0.2, 0) is 17.8 Å². The van der Waals surface area contributed by atoms with Crippen molar-refractivity contribution in [1.82, 2.24) is 10.2 Å². The average Bonchev–Trinajstić information content (AvgIpc) is 3.34. The summed E-state index contributed by atoms with van der Waals surface area (Å²) in [7, 11) is 0. The van der Waals surface area contributed by atoms with Gasteiger partial charge in [-0.3, -0.25) is 0 Å². The van der Waals surface area contributed by atoms with Crippen LogP contribution in [-0.4, -0.2) is 41.8 Å². The highest BCUT2D eigenvalue weighted by atomic mass is 16.6. The standard InChI is InChI=1S/C24H30N4O3/c1-24(2,3)31-23(30)26-20-12-13-27(16-20)21-10-8-19(9-11-21)25-22(29)28-14-17-6-4-5-7-18(17)15-28/h4-11,20H,12-16H2,1-3H3,(H,25,29)(H,26,30). The summed E-state index contributed by atoms with van der Waals surface area (Å²) in [5, 5.41) is 5.93. The van der Waals surface area contributed by atoms with Crippen LogP contribution >= 0.6 is 0 Å². The zero-order valence-corrected chi connectivity index (χ0v) is 18.4. The molecule has 2 heterocycles. The molecular weight excluding hydrogens is 392 g/mol. The van der Waals surface area contributed by atoms with E-state index in [4.69, 9.17) is 4.74 Å². The van der Waals surface area contributed by atoms with Gasteiger partial charge < -0.3 is 25.2 Å². The van der Waals surface area contributed by atoms with Gasteiger partial charge in [0.2, 0.25) is 0 Å². The Morgan fingerprint density at radius 1 is 1.00 bits per heavy atom. The molecule has 1 saturated heterocycles. The van der Waals surface area contributed by atoms with E-state index < -0.39 is 5.60 Å². The van der Waals surface area contributed by atoms with Crippen molar-refractivity contribution in [3.8, 4) is 0 Å². The van der Waals surface area contributed by atoms with E-state index in [9.17, 15) is 9.59 Å². The molecule has 0 radical (unpaired) electrons. The fraction of sp³-hybridized carbons (Fsp3) is 0.417. The molecule has 164 valence electrons. The number of fused-ring (bicyclic) bond motifs is 1. The lowest BCUT2D eigenvalue weighted by molar-refractivity contribution is 0.0509. The molecule has 7 nitrogen and oxygen atoms in total. The Hall–Kier alpha value is -3.22. The molecule has 2 aliphatic heterocycles. The van der Waals surface area contributed by atoms with Gasteiger partial charge in [-0.05, 0) is 62.6 Å². The minimum Gasteiger partial charge on any atom is -0.444 e. The van der Waals surface area contributed by atoms with Crippen LogP contribution in [0.5, 0.6) is 0 Å². The van der Waals surface area contributed by atoms with E-state index in [0.29, 0.717) is 13.1 Å². The van der Waals surface area contributed by atoms with Crippen molar-refractivity contribution in [2.75, 3.05) is 23.3 Å². The number of benzene rings is 2. The summed E-state index contributed by atoms with van der Waals surface area (Å²) in [6, 6.07) is 16.0. The fourth-order valence-electron chi connectivity index (χ4n) is 4.02. The topological polar surface area (TPSA) is 73.9 Å². The van der Waals surface area contributed by atoms with Crippen molar-refractivity contribution in [2.45, 2.75) is 51.9 Å². The van der Waals surface area contributed by atoms with E-state index in [0.717, 1.165) is 30.9 Å². The van der Waals surface area contributed by atoms with Crippen LogP contribution in [0.25, 0.3) is 0 Å². The molecule has 4 rings (SSSR count). The van der Waals surface area contributed by atoms with Crippen LogP contribution in [0.4, 0.5) is 21.0 Å². The molecule has 2 N–H and O–H groups in total. The zero-order valence-electron chi connectivity index (χ0n) is 18.4. The van der Waals surface area contributed by atoms with Crippen LogP contribution in [0.2, 0.25) is 0 Å². The van der Waals surface area contributed by atoms with Crippen molar-refractivity contribution in [3.63, 3.8) is 0 Å². The second-order valence-electron chi connectivity index (χ2n) is 9.18. The van der Waals surface area contributed by atoms with Crippen molar-refractivity contribution in [2.24, 2.45) is 0 Å². The molecule has 0 bridgehead atoms. The SMILES string of the molecule is CC(C)(C)OC(=O)NC1CCN(c2ccc(NC(=O)N3Cc4ccccc4C3)cc2)C1. The summed E-state index contributed by atoms with van der Waals surface area (Å²) in [6.45, 7) is 8.44. The predicted molar refractivity (Wildman–Crippen MR) is 121 cm³/mol. The number of ether oxygens (including phenoxy) is 1. The number of amides is 3. The first-order valence-electron chi connectivity index (χ1n) is 10.7. The van der Waals surface area contributed by atoms with Gasteiger partial charge in [0.15, 0.2) is 0 Å². The molecule has 2 aliphatic rings. The first-order valence-corrected chi connectivity index (χ1v) is 10.7. The first-order chi connectivity index (χ1) is 14.8. The van der Waals surface area contributed by atoms with Crippen LogP contribution in [0, 0.1) is 0 Å². The van der Waals surface area contributed by atoms with Gasteiger partial charge in [-0.2, -0.15) is 0 Å². The lowest BCUT2D eigenvalue weighted by Gasteiger charge is -2.22. The Morgan fingerprint density at radius 3 is 2.26 bits per heavy atom. The monoisotopic (exact) mass is 422 g/mol. The average molecular weight is 423 g/mol. The van der Waals surface area contributed by atoms with Gasteiger partial charge in [0, 0.05) is 37.6 Å². The predicted octanol–water partition coefficient (Wildman–Crippen LogP) is 4.34. The van der Waals surface area contributed by atoms with Gasteiger partial charge >= 0.3 is 12.1 Å². The summed E-state index contributed by atoms with van der Waals surface area (Å²) < 4.78 is 5.34. The number of hydrogen-bond acceptors (Lipinski definition) is 4. The lowest BCUT2D eigenvalue weighted by atomic mass is 10.1. The van der Waals surface area contributed by atoms with Gasteiger partial charge in [0.1, 0.15) is 5.60 Å². The van der Waals surface area contributed by atoms with Crippen molar-refractivity contribution >= 4 is 23.5 Å². The minimum absolute atomic E-state index is 0.0611. The quantitative estimate of drug-likeness (QED) is 0.772. The molecule has 2 aromatic rings. The number of carbonyl (C=O) groups excluding carboxylic acids is 2. The molecule has 1 atom stereocenters. The minimum atomic E-state index is -0.500. The molecule has 1 fully saturated rings. The normalized spacial score (nSPS) is 18.0. The maximum atomic E-state index is 12.6. The third-order valence-corrected chi connectivity index (χ3v) is 5.52. The van der Waals surface area contributed by atoms with Crippen LogP contribution in [0.1, 0.15) is 38.3 Å². The number of anilines is 2. The molecule has 1 unspecified atom stereocenters. The Morgan fingerprint density at radius 2 is 1.65 bits per heavy atom. The van der Waals surface area contributed by atoms with Gasteiger partial charge in [-0.25, -0.2) is 9.59 Å². The van der Waals surface area contributed by atoms with Gasteiger partial charge in [0.25, 0.3) is 0 Å². The van der Waals surface area contributed by atoms with E-state index in [-0.39, 0.29) is 18.2 Å². The molecule has 31 heavy (non-hydrogen) atoms.